The average molecular weight is 226 g/mol. The van der Waals surface area contributed by atoms with Gasteiger partial charge >= 0.3 is 0 Å². The van der Waals surface area contributed by atoms with Crippen LogP contribution in [0.15, 0.2) is 0 Å². The third kappa shape index (κ3) is 3.78. The number of hydrogen-bond acceptors (Lipinski definition) is 2. The maximum atomic E-state index is 11.8. The summed E-state index contributed by atoms with van der Waals surface area (Å²) in [5.74, 6) is 1.16. The van der Waals surface area contributed by atoms with Crippen LogP contribution in [0.3, 0.4) is 0 Å². The van der Waals surface area contributed by atoms with Crippen molar-refractivity contribution in [3.8, 4) is 0 Å². The summed E-state index contributed by atoms with van der Waals surface area (Å²) in [5.41, 5.74) is 0. The van der Waals surface area contributed by atoms with Gasteiger partial charge in [-0.25, -0.2) is 0 Å². The van der Waals surface area contributed by atoms with E-state index in [-0.39, 0.29) is 5.92 Å². The van der Waals surface area contributed by atoms with Gasteiger partial charge in [-0.3, -0.25) is 4.79 Å². The van der Waals surface area contributed by atoms with Crippen LogP contribution < -0.4 is 5.32 Å². The molecule has 1 N–H and O–H groups in total. The van der Waals surface area contributed by atoms with Crippen LogP contribution in [0, 0.1) is 11.8 Å². The van der Waals surface area contributed by atoms with E-state index in [4.69, 9.17) is 0 Å². The minimum absolute atomic E-state index is 0.133. The minimum atomic E-state index is 0.133. The highest BCUT2D eigenvalue weighted by Gasteiger charge is 2.27. The molecular formula is C13H26N2O. The van der Waals surface area contributed by atoms with Gasteiger partial charge < -0.3 is 10.2 Å². The SMILES string of the molecule is CCC(C)CNC1CCN(C(=O)C(C)C)C1. The zero-order valence-electron chi connectivity index (χ0n) is 11.1. The molecule has 3 nitrogen and oxygen atoms in total. The normalized spacial score (nSPS) is 22.8. The van der Waals surface area contributed by atoms with Gasteiger partial charge in [-0.15, -0.1) is 0 Å². The average Bonchev–Trinajstić information content (AvgIpc) is 2.73. The molecule has 1 rings (SSSR count). The first kappa shape index (κ1) is 13.5. The Balaban J connectivity index is 2.27. The Morgan fingerprint density at radius 3 is 2.69 bits per heavy atom. The van der Waals surface area contributed by atoms with Gasteiger partial charge in [0.2, 0.25) is 5.91 Å². The van der Waals surface area contributed by atoms with Crippen molar-refractivity contribution in [2.24, 2.45) is 11.8 Å². The Hall–Kier alpha value is -0.570. The summed E-state index contributed by atoms with van der Waals surface area (Å²) < 4.78 is 0. The van der Waals surface area contributed by atoms with Gasteiger partial charge in [-0.1, -0.05) is 34.1 Å². The Labute approximate surface area is 99.6 Å². The highest BCUT2D eigenvalue weighted by atomic mass is 16.2. The molecule has 0 radical (unpaired) electrons. The Bertz CT molecular complexity index is 228. The largest absolute Gasteiger partial charge is 0.341 e. The summed E-state index contributed by atoms with van der Waals surface area (Å²) in [5, 5.41) is 3.56. The highest BCUT2D eigenvalue weighted by molar-refractivity contribution is 5.78. The second-order valence-corrected chi connectivity index (χ2v) is 5.35. The quantitative estimate of drug-likeness (QED) is 0.776. The van der Waals surface area contributed by atoms with E-state index in [0.29, 0.717) is 11.9 Å². The van der Waals surface area contributed by atoms with Crippen molar-refractivity contribution in [2.45, 2.75) is 46.6 Å². The van der Waals surface area contributed by atoms with Crippen molar-refractivity contribution in [3.63, 3.8) is 0 Å². The monoisotopic (exact) mass is 226 g/mol. The zero-order valence-corrected chi connectivity index (χ0v) is 11.1. The molecular weight excluding hydrogens is 200 g/mol. The van der Waals surface area contributed by atoms with Gasteiger partial charge in [-0.2, -0.15) is 0 Å². The van der Waals surface area contributed by atoms with E-state index in [0.717, 1.165) is 32.0 Å². The maximum Gasteiger partial charge on any atom is 0.225 e. The molecule has 0 aromatic carbocycles. The smallest absolute Gasteiger partial charge is 0.225 e. The lowest BCUT2D eigenvalue weighted by atomic mass is 10.1. The van der Waals surface area contributed by atoms with Crippen LogP contribution in [0.2, 0.25) is 0 Å². The van der Waals surface area contributed by atoms with Gasteiger partial charge in [0.05, 0.1) is 0 Å². The van der Waals surface area contributed by atoms with E-state index in [9.17, 15) is 4.79 Å². The van der Waals surface area contributed by atoms with E-state index in [1.807, 2.05) is 18.7 Å². The summed E-state index contributed by atoms with van der Waals surface area (Å²) in [4.78, 5) is 13.8. The number of carbonyl (C=O) groups excluding carboxylic acids is 1. The van der Waals surface area contributed by atoms with Gasteiger partial charge in [-0.05, 0) is 18.9 Å². The Kier molecular flexibility index (Phi) is 5.26. The molecule has 16 heavy (non-hydrogen) atoms. The summed E-state index contributed by atoms with van der Waals surface area (Å²) >= 11 is 0. The summed E-state index contributed by atoms with van der Waals surface area (Å²) in [6.45, 7) is 11.3. The Morgan fingerprint density at radius 1 is 1.44 bits per heavy atom. The molecule has 1 heterocycles. The number of carbonyl (C=O) groups is 1. The fourth-order valence-electron chi connectivity index (χ4n) is 2.00. The molecule has 1 aliphatic heterocycles. The molecule has 0 bridgehead atoms. The molecule has 3 heteroatoms. The van der Waals surface area contributed by atoms with Crippen LogP contribution >= 0.6 is 0 Å². The van der Waals surface area contributed by atoms with Gasteiger partial charge in [0.15, 0.2) is 0 Å². The van der Waals surface area contributed by atoms with Crippen LogP contribution in [-0.2, 0) is 4.79 Å². The highest BCUT2D eigenvalue weighted by Crippen LogP contribution is 2.13. The third-order valence-electron chi connectivity index (χ3n) is 3.45. The molecule has 1 fully saturated rings. The molecule has 2 unspecified atom stereocenters. The second-order valence-electron chi connectivity index (χ2n) is 5.35. The summed E-state index contributed by atoms with van der Waals surface area (Å²) in [6, 6.07) is 0.511. The Morgan fingerprint density at radius 2 is 2.12 bits per heavy atom. The minimum Gasteiger partial charge on any atom is -0.341 e. The molecule has 1 amide bonds. The fourth-order valence-corrected chi connectivity index (χ4v) is 2.00. The number of amides is 1. The standard InChI is InChI=1S/C13H26N2O/c1-5-11(4)8-14-12-6-7-15(9-12)13(16)10(2)3/h10-12,14H,5-9H2,1-4H3. The van der Waals surface area contributed by atoms with Crippen molar-refractivity contribution in [1.29, 1.82) is 0 Å². The van der Waals surface area contributed by atoms with E-state index in [2.05, 4.69) is 19.2 Å². The number of nitrogens with one attached hydrogen (secondary N) is 1. The molecule has 0 aliphatic carbocycles. The molecule has 0 saturated carbocycles. The number of likely N-dealkylation sites (tertiary alicyclic amines) is 1. The van der Waals surface area contributed by atoms with Gasteiger partial charge in [0.1, 0.15) is 0 Å². The fraction of sp³-hybridized carbons (Fsp3) is 0.923. The molecule has 0 aromatic rings. The summed E-state index contributed by atoms with van der Waals surface area (Å²) in [6.07, 6.45) is 2.32. The predicted molar refractivity (Wildman–Crippen MR) is 67.3 cm³/mol. The van der Waals surface area contributed by atoms with Crippen LogP contribution in [-0.4, -0.2) is 36.5 Å². The predicted octanol–water partition coefficient (Wildman–Crippen LogP) is 1.88. The first-order valence-electron chi connectivity index (χ1n) is 6.56. The summed E-state index contributed by atoms with van der Waals surface area (Å²) in [7, 11) is 0. The van der Waals surface area contributed by atoms with Gasteiger partial charge in [0.25, 0.3) is 0 Å². The third-order valence-corrected chi connectivity index (χ3v) is 3.45. The van der Waals surface area contributed by atoms with E-state index < -0.39 is 0 Å². The lowest BCUT2D eigenvalue weighted by Crippen LogP contribution is -2.38. The van der Waals surface area contributed by atoms with Gasteiger partial charge in [0, 0.05) is 25.0 Å². The second kappa shape index (κ2) is 6.24. The molecule has 0 aromatic heterocycles. The van der Waals surface area contributed by atoms with Crippen molar-refractivity contribution >= 4 is 5.91 Å². The first-order chi connectivity index (χ1) is 7.54. The van der Waals surface area contributed by atoms with Crippen molar-refractivity contribution in [1.82, 2.24) is 10.2 Å². The number of rotatable bonds is 5. The lowest BCUT2D eigenvalue weighted by Gasteiger charge is -2.20. The maximum absolute atomic E-state index is 11.8. The molecule has 0 spiro atoms. The van der Waals surface area contributed by atoms with E-state index in [1.165, 1.54) is 6.42 Å². The molecule has 94 valence electrons. The van der Waals surface area contributed by atoms with Crippen molar-refractivity contribution in [2.75, 3.05) is 19.6 Å². The topological polar surface area (TPSA) is 32.3 Å². The number of nitrogens with zero attached hydrogens (tertiary/aromatic N) is 1. The van der Waals surface area contributed by atoms with Crippen LogP contribution in [0.1, 0.15) is 40.5 Å². The van der Waals surface area contributed by atoms with E-state index in [1.54, 1.807) is 0 Å². The lowest BCUT2D eigenvalue weighted by molar-refractivity contribution is -0.133. The molecule has 1 saturated heterocycles. The van der Waals surface area contributed by atoms with Crippen molar-refractivity contribution in [3.05, 3.63) is 0 Å². The molecule has 2 atom stereocenters. The van der Waals surface area contributed by atoms with Crippen LogP contribution in [0.25, 0.3) is 0 Å². The van der Waals surface area contributed by atoms with Crippen molar-refractivity contribution < 1.29 is 4.79 Å². The van der Waals surface area contributed by atoms with Crippen LogP contribution in [0.5, 0.6) is 0 Å². The zero-order chi connectivity index (χ0) is 12.1. The first-order valence-corrected chi connectivity index (χ1v) is 6.56. The van der Waals surface area contributed by atoms with Crippen LogP contribution in [0.4, 0.5) is 0 Å². The molecule has 1 aliphatic rings. The van der Waals surface area contributed by atoms with E-state index >= 15 is 0 Å². The number of hydrogen-bond donors (Lipinski definition) is 1.